The van der Waals surface area contributed by atoms with E-state index in [2.05, 4.69) is 46.4 Å². The van der Waals surface area contributed by atoms with Gasteiger partial charge in [-0.1, -0.05) is 25.1 Å². The number of benzene rings is 2. The molecule has 0 heterocycles. The van der Waals surface area contributed by atoms with Crippen LogP contribution >= 0.6 is 15.9 Å². The van der Waals surface area contributed by atoms with Gasteiger partial charge in [0.15, 0.2) is 0 Å². The highest BCUT2D eigenvalue weighted by Gasteiger charge is 2.03. The number of nitrogens with one attached hydrogen (secondary N) is 1. The van der Waals surface area contributed by atoms with E-state index >= 15 is 0 Å². The van der Waals surface area contributed by atoms with Gasteiger partial charge in [0.1, 0.15) is 12.4 Å². The van der Waals surface area contributed by atoms with Crippen LogP contribution in [0.3, 0.4) is 0 Å². The van der Waals surface area contributed by atoms with Crippen molar-refractivity contribution in [1.29, 1.82) is 5.26 Å². The summed E-state index contributed by atoms with van der Waals surface area (Å²) in [5, 5.41) is 12.1. The van der Waals surface area contributed by atoms with Crippen molar-refractivity contribution in [3.8, 4) is 11.8 Å². The Bertz CT molecular complexity index is 632. The summed E-state index contributed by atoms with van der Waals surface area (Å²) >= 11 is 3.54. The van der Waals surface area contributed by atoms with E-state index in [-0.39, 0.29) is 0 Å². The lowest BCUT2D eigenvalue weighted by Gasteiger charge is -2.10. The van der Waals surface area contributed by atoms with Gasteiger partial charge in [0.25, 0.3) is 0 Å². The van der Waals surface area contributed by atoms with Gasteiger partial charge in [-0.05, 0) is 57.9 Å². The first-order chi connectivity index (χ1) is 10.2. The molecule has 0 saturated heterocycles. The van der Waals surface area contributed by atoms with Gasteiger partial charge < -0.3 is 10.1 Å². The van der Waals surface area contributed by atoms with Crippen LogP contribution in [-0.2, 0) is 13.2 Å². The van der Waals surface area contributed by atoms with Crippen LogP contribution in [0.15, 0.2) is 46.9 Å². The van der Waals surface area contributed by atoms with Crippen LogP contribution < -0.4 is 10.1 Å². The molecule has 0 spiro atoms. The third-order valence-corrected chi connectivity index (χ3v) is 3.67. The van der Waals surface area contributed by atoms with Crippen LogP contribution in [0.1, 0.15) is 23.6 Å². The summed E-state index contributed by atoms with van der Waals surface area (Å²) in [5.41, 5.74) is 2.92. The lowest BCUT2D eigenvalue weighted by atomic mass is 10.1. The van der Waals surface area contributed by atoms with E-state index in [1.165, 1.54) is 5.56 Å². The minimum absolute atomic E-state index is 0.483. The van der Waals surface area contributed by atoms with Crippen LogP contribution in [0.2, 0.25) is 0 Å². The molecular formula is C17H17BrN2O. The zero-order valence-corrected chi connectivity index (χ0v) is 13.5. The second-order valence-corrected chi connectivity index (χ2v) is 5.50. The van der Waals surface area contributed by atoms with E-state index in [1.807, 2.05) is 18.2 Å². The van der Waals surface area contributed by atoms with E-state index in [0.29, 0.717) is 12.2 Å². The maximum atomic E-state index is 8.77. The molecule has 0 atom stereocenters. The highest BCUT2D eigenvalue weighted by molar-refractivity contribution is 9.10. The number of ether oxygens (including phenoxy) is 1. The fourth-order valence-corrected chi connectivity index (χ4v) is 2.42. The molecule has 0 aliphatic heterocycles. The lowest BCUT2D eigenvalue weighted by molar-refractivity contribution is 0.304. The molecule has 0 aliphatic carbocycles. The Hall–Kier alpha value is -1.83. The van der Waals surface area contributed by atoms with Gasteiger partial charge in [-0.2, -0.15) is 5.26 Å². The monoisotopic (exact) mass is 344 g/mol. The molecule has 2 aromatic rings. The van der Waals surface area contributed by atoms with Crippen LogP contribution in [-0.4, -0.2) is 6.54 Å². The molecule has 21 heavy (non-hydrogen) atoms. The average molecular weight is 345 g/mol. The van der Waals surface area contributed by atoms with Crippen molar-refractivity contribution in [2.24, 2.45) is 0 Å². The first-order valence-corrected chi connectivity index (χ1v) is 7.63. The normalized spacial score (nSPS) is 10.1. The van der Waals surface area contributed by atoms with E-state index in [1.54, 1.807) is 12.1 Å². The van der Waals surface area contributed by atoms with Crippen LogP contribution in [0.25, 0.3) is 0 Å². The maximum Gasteiger partial charge on any atom is 0.134 e. The largest absolute Gasteiger partial charge is 0.488 e. The predicted molar refractivity (Wildman–Crippen MR) is 87.0 cm³/mol. The fraction of sp³-hybridized carbons (Fsp3) is 0.235. The van der Waals surface area contributed by atoms with E-state index < -0.39 is 0 Å². The Labute approximate surface area is 133 Å². The molecule has 0 aliphatic rings. The molecule has 2 rings (SSSR count). The highest BCUT2D eigenvalue weighted by Crippen LogP contribution is 2.26. The summed E-state index contributed by atoms with van der Waals surface area (Å²) in [5.74, 6) is 0.819. The molecule has 0 amide bonds. The third-order valence-electron chi connectivity index (χ3n) is 3.05. The number of nitriles is 1. The molecule has 0 fully saturated rings. The van der Waals surface area contributed by atoms with Gasteiger partial charge in [0.05, 0.1) is 16.1 Å². The summed E-state index contributed by atoms with van der Waals surface area (Å²) in [4.78, 5) is 0. The smallest absolute Gasteiger partial charge is 0.134 e. The van der Waals surface area contributed by atoms with Crippen molar-refractivity contribution in [3.05, 3.63) is 63.6 Å². The first-order valence-electron chi connectivity index (χ1n) is 6.84. The second kappa shape index (κ2) is 7.82. The van der Waals surface area contributed by atoms with Crippen molar-refractivity contribution < 1.29 is 4.74 Å². The standard InChI is InChI=1S/C17H17BrN2O/c1-2-20-11-15-7-8-17(16(18)9-15)21-12-14-5-3-13(10-19)4-6-14/h3-9,20H,2,11-12H2,1H3. The van der Waals surface area contributed by atoms with Crippen molar-refractivity contribution in [3.63, 3.8) is 0 Å². The number of halogens is 1. The summed E-state index contributed by atoms with van der Waals surface area (Å²) in [7, 11) is 0. The predicted octanol–water partition coefficient (Wildman–Crippen LogP) is 4.01. The quantitative estimate of drug-likeness (QED) is 0.860. The van der Waals surface area contributed by atoms with Gasteiger partial charge in [-0.25, -0.2) is 0 Å². The van der Waals surface area contributed by atoms with Crippen molar-refractivity contribution in [1.82, 2.24) is 5.32 Å². The summed E-state index contributed by atoms with van der Waals surface area (Å²) in [6, 6.07) is 15.6. The molecule has 1 N–H and O–H groups in total. The second-order valence-electron chi connectivity index (χ2n) is 4.64. The SMILES string of the molecule is CCNCc1ccc(OCc2ccc(C#N)cc2)c(Br)c1. The van der Waals surface area contributed by atoms with Gasteiger partial charge in [-0.15, -0.1) is 0 Å². The van der Waals surface area contributed by atoms with Crippen LogP contribution in [0.4, 0.5) is 0 Å². The number of rotatable bonds is 6. The number of hydrogen-bond acceptors (Lipinski definition) is 3. The topological polar surface area (TPSA) is 45.0 Å². The van der Waals surface area contributed by atoms with Gasteiger partial charge in [0.2, 0.25) is 0 Å². The van der Waals surface area contributed by atoms with Gasteiger partial charge in [0, 0.05) is 6.54 Å². The average Bonchev–Trinajstić information content (AvgIpc) is 2.52. The molecule has 0 saturated carbocycles. The molecular weight excluding hydrogens is 328 g/mol. The highest BCUT2D eigenvalue weighted by atomic mass is 79.9. The zero-order valence-electron chi connectivity index (χ0n) is 11.9. The Morgan fingerprint density at radius 1 is 1.14 bits per heavy atom. The van der Waals surface area contributed by atoms with Gasteiger partial charge >= 0.3 is 0 Å². The van der Waals surface area contributed by atoms with Crippen molar-refractivity contribution in [2.45, 2.75) is 20.1 Å². The van der Waals surface area contributed by atoms with E-state index in [9.17, 15) is 0 Å². The van der Waals surface area contributed by atoms with Crippen molar-refractivity contribution >= 4 is 15.9 Å². The lowest BCUT2D eigenvalue weighted by Crippen LogP contribution is -2.11. The summed E-state index contributed by atoms with van der Waals surface area (Å²) in [6.45, 7) is 4.38. The summed E-state index contributed by atoms with van der Waals surface area (Å²) in [6.07, 6.45) is 0. The first kappa shape index (κ1) is 15.6. The maximum absolute atomic E-state index is 8.77. The minimum atomic E-state index is 0.483. The molecule has 0 unspecified atom stereocenters. The zero-order chi connectivity index (χ0) is 15.1. The fourth-order valence-electron chi connectivity index (χ4n) is 1.88. The van der Waals surface area contributed by atoms with Crippen molar-refractivity contribution in [2.75, 3.05) is 6.54 Å². The molecule has 3 nitrogen and oxygen atoms in total. The molecule has 2 aromatic carbocycles. The van der Waals surface area contributed by atoms with E-state index in [0.717, 1.165) is 28.9 Å². The van der Waals surface area contributed by atoms with Crippen LogP contribution in [0.5, 0.6) is 5.75 Å². The van der Waals surface area contributed by atoms with E-state index in [4.69, 9.17) is 10.00 Å². The molecule has 0 bridgehead atoms. The number of nitrogens with zero attached hydrogens (tertiary/aromatic N) is 1. The Morgan fingerprint density at radius 2 is 1.86 bits per heavy atom. The van der Waals surface area contributed by atoms with Crippen LogP contribution in [0, 0.1) is 11.3 Å². The molecule has 0 radical (unpaired) electrons. The minimum Gasteiger partial charge on any atom is -0.488 e. The Morgan fingerprint density at radius 3 is 2.48 bits per heavy atom. The van der Waals surface area contributed by atoms with Gasteiger partial charge in [-0.3, -0.25) is 0 Å². The third kappa shape index (κ3) is 4.59. The summed E-state index contributed by atoms with van der Waals surface area (Å²) < 4.78 is 6.76. The molecule has 0 aromatic heterocycles. The Balaban J connectivity index is 1.97. The molecule has 4 heteroatoms. The molecule has 108 valence electrons. The Kier molecular flexibility index (Phi) is 5.79. The number of hydrogen-bond donors (Lipinski definition) is 1.